The van der Waals surface area contributed by atoms with Crippen LogP contribution >= 0.6 is 0 Å². The minimum absolute atomic E-state index is 0.122. The van der Waals surface area contributed by atoms with Gasteiger partial charge in [-0.15, -0.1) is 0 Å². The van der Waals surface area contributed by atoms with E-state index < -0.39 is 0 Å². The molecule has 0 unspecified atom stereocenters. The van der Waals surface area contributed by atoms with Crippen LogP contribution in [0.4, 0.5) is 0 Å². The first-order valence-electron chi connectivity index (χ1n) is 10.1. The summed E-state index contributed by atoms with van der Waals surface area (Å²) in [6.07, 6.45) is 0. The third kappa shape index (κ3) is 3.08. The Kier molecular flexibility index (Phi) is 4.82. The Balaban J connectivity index is 1.67. The summed E-state index contributed by atoms with van der Waals surface area (Å²) in [7, 11) is 4.75. The van der Waals surface area contributed by atoms with Crippen molar-refractivity contribution in [3.8, 4) is 45.6 Å². The number of benzene rings is 4. The number of oxazole rings is 1. The predicted octanol–water partition coefficient (Wildman–Crippen LogP) is 6.05. The number of methoxy groups -OCH3 is 3. The van der Waals surface area contributed by atoms with Crippen molar-refractivity contribution in [2.24, 2.45) is 0 Å². The fourth-order valence-electron chi connectivity index (χ4n) is 4.01. The summed E-state index contributed by atoms with van der Waals surface area (Å²) >= 11 is 0. The molecule has 1 N–H and O–H groups in total. The molecule has 4 aromatic carbocycles. The van der Waals surface area contributed by atoms with Crippen molar-refractivity contribution in [3.63, 3.8) is 0 Å². The van der Waals surface area contributed by atoms with E-state index in [1.165, 1.54) is 0 Å². The number of rotatable bonds is 5. The topological polar surface area (TPSA) is 74.0 Å². The number of aromatic nitrogens is 1. The highest BCUT2D eigenvalue weighted by Gasteiger charge is 2.19. The first-order chi connectivity index (χ1) is 15.6. The quantitative estimate of drug-likeness (QED) is 0.368. The van der Waals surface area contributed by atoms with E-state index in [1.54, 1.807) is 27.4 Å². The van der Waals surface area contributed by atoms with Crippen LogP contribution in [0.1, 0.15) is 0 Å². The lowest BCUT2D eigenvalue weighted by Gasteiger charge is -2.15. The van der Waals surface area contributed by atoms with E-state index in [1.807, 2.05) is 60.7 Å². The van der Waals surface area contributed by atoms with Crippen LogP contribution in [-0.2, 0) is 0 Å². The van der Waals surface area contributed by atoms with Crippen molar-refractivity contribution >= 4 is 21.9 Å². The SMILES string of the molecule is COc1ccc(-c2ccc3nc(-c4c(O)ccc5ccccc45)oc3c2)c(OC)c1OC. The first-order valence-corrected chi connectivity index (χ1v) is 10.1. The number of hydrogen-bond donors (Lipinski definition) is 1. The van der Waals surface area contributed by atoms with Gasteiger partial charge in [-0.2, -0.15) is 0 Å². The van der Waals surface area contributed by atoms with Crippen LogP contribution in [-0.4, -0.2) is 31.4 Å². The van der Waals surface area contributed by atoms with Crippen LogP contribution in [0.25, 0.3) is 44.5 Å². The third-order valence-electron chi connectivity index (χ3n) is 5.52. The summed E-state index contributed by atoms with van der Waals surface area (Å²) in [5, 5.41) is 12.4. The summed E-state index contributed by atoms with van der Waals surface area (Å²) in [6.45, 7) is 0. The molecule has 6 nitrogen and oxygen atoms in total. The minimum atomic E-state index is 0.122. The molecule has 0 bridgehead atoms. The number of aromatic hydroxyl groups is 1. The molecule has 0 radical (unpaired) electrons. The molecule has 0 amide bonds. The Hall–Kier alpha value is -4.19. The molecule has 5 aromatic rings. The van der Waals surface area contributed by atoms with Crippen molar-refractivity contribution in [2.75, 3.05) is 21.3 Å². The van der Waals surface area contributed by atoms with Gasteiger partial charge in [0.1, 0.15) is 11.3 Å². The van der Waals surface area contributed by atoms with Gasteiger partial charge in [0.05, 0.1) is 26.9 Å². The summed E-state index contributed by atoms with van der Waals surface area (Å²) < 4.78 is 22.6. The lowest BCUT2D eigenvalue weighted by molar-refractivity contribution is 0.325. The Morgan fingerprint density at radius 1 is 0.812 bits per heavy atom. The summed E-state index contributed by atoms with van der Waals surface area (Å²) in [6, 6.07) is 20.8. The van der Waals surface area contributed by atoms with Gasteiger partial charge in [-0.05, 0) is 46.7 Å². The lowest BCUT2D eigenvalue weighted by atomic mass is 10.0. The molecule has 32 heavy (non-hydrogen) atoms. The highest BCUT2D eigenvalue weighted by molar-refractivity contribution is 5.98. The Morgan fingerprint density at radius 3 is 2.41 bits per heavy atom. The average Bonchev–Trinajstić information content (AvgIpc) is 3.25. The van der Waals surface area contributed by atoms with E-state index in [0.29, 0.717) is 39.8 Å². The number of nitrogens with zero attached hydrogens (tertiary/aromatic N) is 1. The van der Waals surface area contributed by atoms with E-state index in [9.17, 15) is 5.11 Å². The fourth-order valence-corrected chi connectivity index (χ4v) is 4.01. The molecule has 0 aliphatic carbocycles. The molecule has 5 rings (SSSR count). The van der Waals surface area contributed by atoms with E-state index >= 15 is 0 Å². The van der Waals surface area contributed by atoms with Crippen LogP contribution in [0.15, 0.2) is 71.1 Å². The van der Waals surface area contributed by atoms with Gasteiger partial charge < -0.3 is 23.7 Å². The van der Waals surface area contributed by atoms with Crippen molar-refractivity contribution in [1.29, 1.82) is 0 Å². The highest BCUT2D eigenvalue weighted by Crippen LogP contribution is 2.45. The smallest absolute Gasteiger partial charge is 0.231 e. The maximum atomic E-state index is 10.6. The Morgan fingerprint density at radius 2 is 1.62 bits per heavy atom. The first kappa shape index (κ1) is 19.8. The number of fused-ring (bicyclic) bond motifs is 2. The second-order valence-corrected chi connectivity index (χ2v) is 7.26. The number of ether oxygens (including phenoxy) is 3. The standard InChI is InChI=1S/C26H21NO5/c1-29-21-13-10-18(24(30-2)25(21)31-3)16-8-11-19-22(14-16)32-26(27-19)23-17-7-5-4-6-15(17)9-12-20(23)28/h4-14,28H,1-3H3. The van der Waals surface area contributed by atoms with Gasteiger partial charge in [-0.1, -0.05) is 36.4 Å². The van der Waals surface area contributed by atoms with Crippen molar-refractivity contribution in [1.82, 2.24) is 4.98 Å². The van der Waals surface area contributed by atoms with Gasteiger partial charge in [0.25, 0.3) is 0 Å². The van der Waals surface area contributed by atoms with Gasteiger partial charge in [0.15, 0.2) is 17.1 Å². The maximum absolute atomic E-state index is 10.6. The monoisotopic (exact) mass is 427 g/mol. The van der Waals surface area contributed by atoms with Gasteiger partial charge in [0, 0.05) is 5.56 Å². The summed E-state index contributed by atoms with van der Waals surface area (Å²) in [5.74, 6) is 2.16. The molecule has 0 spiro atoms. The van der Waals surface area contributed by atoms with Gasteiger partial charge in [-0.25, -0.2) is 4.98 Å². The molecule has 0 fully saturated rings. The zero-order valence-corrected chi connectivity index (χ0v) is 17.9. The highest BCUT2D eigenvalue weighted by atomic mass is 16.5. The molecule has 6 heteroatoms. The number of phenols is 1. The minimum Gasteiger partial charge on any atom is -0.507 e. The normalized spacial score (nSPS) is 11.1. The van der Waals surface area contributed by atoms with Crippen molar-refractivity contribution < 1.29 is 23.7 Å². The molecule has 1 aromatic heterocycles. The van der Waals surface area contributed by atoms with Crippen LogP contribution in [0.2, 0.25) is 0 Å². The predicted molar refractivity (Wildman–Crippen MR) is 124 cm³/mol. The Bertz CT molecular complexity index is 1450. The summed E-state index contributed by atoms with van der Waals surface area (Å²) in [4.78, 5) is 4.63. The molecule has 0 aliphatic rings. The summed E-state index contributed by atoms with van der Waals surface area (Å²) in [5.41, 5.74) is 3.57. The number of hydrogen-bond acceptors (Lipinski definition) is 6. The molecular formula is C26H21NO5. The van der Waals surface area contributed by atoms with Gasteiger partial charge in [-0.3, -0.25) is 0 Å². The van der Waals surface area contributed by atoms with E-state index in [-0.39, 0.29) is 5.75 Å². The molecule has 0 atom stereocenters. The van der Waals surface area contributed by atoms with E-state index in [2.05, 4.69) is 4.98 Å². The fraction of sp³-hybridized carbons (Fsp3) is 0.115. The molecule has 0 saturated heterocycles. The van der Waals surface area contributed by atoms with Crippen molar-refractivity contribution in [3.05, 3.63) is 66.7 Å². The molecule has 1 heterocycles. The lowest BCUT2D eigenvalue weighted by Crippen LogP contribution is -1.96. The average molecular weight is 427 g/mol. The second kappa shape index (κ2) is 7.81. The Labute approximate surface area is 184 Å². The molecular weight excluding hydrogens is 406 g/mol. The zero-order valence-electron chi connectivity index (χ0n) is 17.9. The van der Waals surface area contributed by atoms with Crippen LogP contribution in [0.5, 0.6) is 23.0 Å². The van der Waals surface area contributed by atoms with E-state index in [4.69, 9.17) is 18.6 Å². The van der Waals surface area contributed by atoms with Gasteiger partial charge >= 0.3 is 0 Å². The van der Waals surface area contributed by atoms with Crippen molar-refractivity contribution in [2.45, 2.75) is 0 Å². The van der Waals surface area contributed by atoms with Crippen LogP contribution in [0.3, 0.4) is 0 Å². The molecule has 160 valence electrons. The molecule has 0 aliphatic heterocycles. The van der Waals surface area contributed by atoms with Crippen LogP contribution < -0.4 is 14.2 Å². The zero-order chi connectivity index (χ0) is 22.2. The van der Waals surface area contributed by atoms with Crippen LogP contribution in [0, 0.1) is 0 Å². The maximum Gasteiger partial charge on any atom is 0.231 e. The second-order valence-electron chi connectivity index (χ2n) is 7.26. The largest absolute Gasteiger partial charge is 0.507 e. The third-order valence-corrected chi connectivity index (χ3v) is 5.52. The van der Waals surface area contributed by atoms with E-state index in [0.717, 1.165) is 21.9 Å². The van der Waals surface area contributed by atoms with Gasteiger partial charge in [0.2, 0.25) is 11.6 Å². The molecule has 0 saturated carbocycles. The number of phenolic OH excluding ortho intramolecular Hbond substituents is 1.